The van der Waals surface area contributed by atoms with Crippen molar-refractivity contribution >= 4 is 45.7 Å². The quantitative estimate of drug-likeness (QED) is 0.532. The van der Waals surface area contributed by atoms with Crippen LogP contribution in [0.1, 0.15) is 29.3 Å². The second-order valence-corrected chi connectivity index (χ2v) is 8.83. The third-order valence-electron chi connectivity index (χ3n) is 5.20. The number of hydrogen-bond donors (Lipinski definition) is 2. The van der Waals surface area contributed by atoms with Crippen LogP contribution in [0.25, 0.3) is 11.3 Å². The maximum atomic E-state index is 14.4. The number of hydrogen-bond acceptors (Lipinski definition) is 6. The van der Waals surface area contributed by atoms with Crippen LogP contribution in [0.3, 0.4) is 0 Å². The molecule has 2 amide bonds. The van der Waals surface area contributed by atoms with E-state index in [4.69, 9.17) is 11.6 Å². The van der Waals surface area contributed by atoms with Crippen LogP contribution in [0.5, 0.6) is 0 Å². The summed E-state index contributed by atoms with van der Waals surface area (Å²) >= 11 is 7.51. The molecule has 1 aliphatic rings. The third-order valence-corrected chi connectivity index (χ3v) is 6.24. The molecule has 0 radical (unpaired) electrons. The Balaban J connectivity index is 1.45. The number of carbonyl (C=O) groups excluding carboxylic acids is 2. The SMILES string of the molecule is CC(=O)NC1CCN(c2ncc(C(=O)Nc3nc(-c4cccc(CF)c4F)cs3)cc2Cl)C1. The van der Waals surface area contributed by atoms with Crippen molar-refractivity contribution in [3.05, 3.63) is 57.8 Å². The van der Waals surface area contributed by atoms with E-state index in [1.807, 2.05) is 4.90 Å². The van der Waals surface area contributed by atoms with Crippen molar-refractivity contribution in [3.63, 3.8) is 0 Å². The van der Waals surface area contributed by atoms with Crippen LogP contribution in [0.15, 0.2) is 35.8 Å². The Bertz CT molecular complexity index is 1210. The molecule has 33 heavy (non-hydrogen) atoms. The number of pyridine rings is 1. The van der Waals surface area contributed by atoms with Crippen LogP contribution in [-0.4, -0.2) is 40.9 Å². The highest BCUT2D eigenvalue weighted by atomic mass is 35.5. The second kappa shape index (κ2) is 9.80. The van der Waals surface area contributed by atoms with Crippen molar-refractivity contribution in [2.75, 3.05) is 23.3 Å². The van der Waals surface area contributed by atoms with Gasteiger partial charge in [0.25, 0.3) is 5.91 Å². The first-order valence-electron chi connectivity index (χ1n) is 10.1. The van der Waals surface area contributed by atoms with Gasteiger partial charge in [0.2, 0.25) is 5.91 Å². The van der Waals surface area contributed by atoms with E-state index in [2.05, 4.69) is 20.6 Å². The molecule has 4 rings (SSSR count). The largest absolute Gasteiger partial charge is 0.353 e. The number of aromatic nitrogens is 2. The van der Waals surface area contributed by atoms with Crippen molar-refractivity contribution in [2.45, 2.75) is 26.1 Å². The molecule has 3 heterocycles. The van der Waals surface area contributed by atoms with Crippen LogP contribution >= 0.6 is 22.9 Å². The summed E-state index contributed by atoms with van der Waals surface area (Å²) in [6.45, 7) is 1.83. The van der Waals surface area contributed by atoms with Gasteiger partial charge in [0.05, 0.1) is 16.3 Å². The summed E-state index contributed by atoms with van der Waals surface area (Å²) in [5.74, 6) is -0.679. The molecule has 1 fully saturated rings. The summed E-state index contributed by atoms with van der Waals surface area (Å²) in [6, 6.07) is 5.98. The van der Waals surface area contributed by atoms with Crippen molar-refractivity contribution in [1.29, 1.82) is 0 Å². The molecule has 0 bridgehead atoms. The van der Waals surface area contributed by atoms with Gasteiger partial charge in [-0.1, -0.05) is 23.7 Å². The molecule has 2 aromatic heterocycles. The molecule has 1 atom stereocenters. The number of nitrogens with zero attached hydrogens (tertiary/aromatic N) is 3. The predicted octanol–water partition coefficient (Wildman–Crippen LogP) is 4.43. The first-order valence-corrected chi connectivity index (χ1v) is 11.4. The zero-order chi connectivity index (χ0) is 23.5. The molecule has 3 aromatic rings. The first-order chi connectivity index (χ1) is 15.9. The molecule has 7 nitrogen and oxygen atoms in total. The number of nitrogens with one attached hydrogen (secondary N) is 2. The van der Waals surface area contributed by atoms with Crippen molar-refractivity contribution < 1.29 is 18.4 Å². The summed E-state index contributed by atoms with van der Waals surface area (Å²) < 4.78 is 27.3. The fourth-order valence-corrected chi connectivity index (χ4v) is 4.64. The highest BCUT2D eigenvalue weighted by Crippen LogP contribution is 2.30. The summed E-state index contributed by atoms with van der Waals surface area (Å²) in [7, 11) is 0. The zero-order valence-corrected chi connectivity index (χ0v) is 19.1. The minimum Gasteiger partial charge on any atom is -0.353 e. The van der Waals surface area contributed by atoms with Gasteiger partial charge in [-0.25, -0.2) is 18.7 Å². The van der Waals surface area contributed by atoms with Crippen LogP contribution in [-0.2, 0) is 11.5 Å². The van der Waals surface area contributed by atoms with Gasteiger partial charge in [0, 0.05) is 48.8 Å². The molecular weight excluding hydrogens is 472 g/mol. The normalized spacial score (nSPS) is 15.5. The molecule has 1 aliphatic heterocycles. The maximum Gasteiger partial charge on any atom is 0.259 e. The van der Waals surface area contributed by atoms with Crippen molar-refractivity contribution in [3.8, 4) is 11.3 Å². The maximum absolute atomic E-state index is 14.4. The van der Waals surface area contributed by atoms with Crippen molar-refractivity contribution in [2.24, 2.45) is 0 Å². The van der Waals surface area contributed by atoms with Gasteiger partial charge in [0.15, 0.2) is 5.13 Å². The molecule has 2 N–H and O–H groups in total. The Morgan fingerprint density at radius 1 is 1.36 bits per heavy atom. The minimum absolute atomic E-state index is 0.0258. The van der Waals surface area contributed by atoms with Gasteiger partial charge >= 0.3 is 0 Å². The Kier molecular flexibility index (Phi) is 6.85. The molecule has 0 aliphatic carbocycles. The number of amides is 2. The first kappa shape index (κ1) is 23.1. The van der Waals surface area contributed by atoms with E-state index < -0.39 is 18.4 Å². The van der Waals surface area contributed by atoms with Crippen LogP contribution in [0, 0.1) is 5.82 Å². The highest BCUT2D eigenvalue weighted by molar-refractivity contribution is 7.14. The Hall–Kier alpha value is -3.11. The lowest BCUT2D eigenvalue weighted by Gasteiger charge is -2.19. The van der Waals surface area contributed by atoms with Gasteiger partial charge in [-0.15, -0.1) is 11.3 Å². The molecule has 1 saturated heterocycles. The summed E-state index contributed by atoms with van der Waals surface area (Å²) in [6.07, 6.45) is 2.20. The molecule has 1 aromatic carbocycles. The number of thiazole rings is 1. The summed E-state index contributed by atoms with van der Waals surface area (Å²) in [4.78, 5) is 34.5. The topological polar surface area (TPSA) is 87.2 Å². The number of rotatable bonds is 6. The average Bonchev–Trinajstić information content (AvgIpc) is 3.43. The van der Waals surface area contributed by atoms with Gasteiger partial charge in [-0.3, -0.25) is 14.9 Å². The van der Waals surface area contributed by atoms with E-state index in [0.717, 1.165) is 17.8 Å². The average molecular weight is 492 g/mol. The number of anilines is 2. The van der Waals surface area contributed by atoms with Gasteiger partial charge in [-0.05, 0) is 18.6 Å². The van der Waals surface area contributed by atoms with Gasteiger partial charge in [-0.2, -0.15) is 0 Å². The van der Waals surface area contributed by atoms with E-state index in [0.29, 0.717) is 29.6 Å². The van der Waals surface area contributed by atoms with E-state index in [1.165, 1.54) is 31.3 Å². The van der Waals surface area contributed by atoms with Crippen LogP contribution in [0.4, 0.5) is 19.7 Å². The summed E-state index contributed by atoms with van der Waals surface area (Å²) in [5.41, 5.74) is 0.661. The molecule has 0 saturated carbocycles. The molecule has 0 spiro atoms. The number of alkyl halides is 1. The van der Waals surface area contributed by atoms with Crippen LogP contribution < -0.4 is 15.5 Å². The third kappa shape index (κ3) is 5.12. The monoisotopic (exact) mass is 491 g/mol. The lowest BCUT2D eigenvalue weighted by atomic mass is 10.1. The molecular formula is C22H20ClF2N5O2S. The number of halogens is 3. The van der Waals surface area contributed by atoms with E-state index in [1.54, 1.807) is 11.4 Å². The Morgan fingerprint density at radius 3 is 2.91 bits per heavy atom. The zero-order valence-electron chi connectivity index (χ0n) is 17.6. The minimum atomic E-state index is -0.914. The predicted molar refractivity (Wildman–Crippen MR) is 124 cm³/mol. The number of carbonyl (C=O) groups is 2. The Morgan fingerprint density at radius 2 is 2.18 bits per heavy atom. The molecule has 172 valence electrons. The fourth-order valence-electron chi connectivity index (χ4n) is 3.65. The van der Waals surface area contributed by atoms with E-state index >= 15 is 0 Å². The standard InChI is InChI=1S/C22H20ClF2N5O2S/c1-12(31)27-15-5-6-30(10-15)20-17(23)7-14(9-26-20)21(32)29-22-28-18(11-33-22)16-4-2-3-13(8-24)19(16)25/h2-4,7,9,11,15H,5-6,8,10H2,1H3,(H,27,31)(H,28,29,32). The van der Waals surface area contributed by atoms with Crippen molar-refractivity contribution in [1.82, 2.24) is 15.3 Å². The highest BCUT2D eigenvalue weighted by Gasteiger charge is 2.26. The number of benzene rings is 1. The van der Waals surface area contributed by atoms with Crippen LogP contribution in [0.2, 0.25) is 5.02 Å². The van der Waals surface area contributed by atoms with Gasteiger partial charge < -0.3 is 10.2 Å². The summed E-state index contributed by atoms with van der Waals surface area (Å²) in [5, 5.41) is 7.70. The fraction of sp³-hybridized carbons (Fsp3) is 0.273. The molecule has 1 unspecified atom stereocenters. The molecule has 11 heteroatoms. The van der Waals surface area contributed by atoms with Gasteiger partial charge in [0.1, 0.15) is 18.3 Å². The smallest absolute Gasteiger partial charge is 0.259 e. The second-order valence-electron chi connectivity index (χ2n) is 7.57. The van der Waals surface area contributed by atoms with E-state index in [-0.39, 0.29) is 33.8 Å². The lowest BCUT2D eigenvalue weighted by molar-refractivity contribution is -0.119. The lowest BCUT2D eigenvalue weighted by Crippen LogP contribution is -2.35. The Labute approximate surface area is 197 Å². The van der Waals surface area contributed by atoms with E-state index in [9.17, 15) is 18.4 Å².